The number of para-hydroxylation sites is 1. The van der Waals surface area contributed by atoms with Crippen LogP contribution in [0.5, 0.6) is 5.88 Å². The summed E-state index contributed by atoms with van der Waals surface area (Å²) in [4.78, 5) is 17.2. The Balaban J connectivity index is 1.88. The third-order valence-corrected chi connectivity index (χ3v) is 5.71. The van der Waals surface area contributed by atoms with Gasteiger partial charge in [-0.25, -0.2) is 4.98 Å². The second-order valence-corrected chi connectivity index (χ2v) is 8.68. The van der Waals surface area contributed by atoms with Crippen LogP contribution in [0.15, 0.2) is 35.3 Å². The molecular formula is C21H19Cl3N2O5. The molecule has 0 aliphatic carbocycles. The van der Waals surface area contributed by atoms with Crippen LogP contribution in [-0.4, -0.2) is 39.8 Å². The van der Waals surface area contributed by atoms with Crippen molar-refractivity contribution in [1.82, 2.24) is 9.55 Å². The van der Waals surface area contributed by atoms with Crippen LogP contribution < -0.4 is 10.2 Å². The highest BCUT2D eigenvalue weighted by molar-refractivity contribution is 6.38. The summed E-state index contributed by atoms with van der Waals surface area (Å²) in [6.45, 7) is 3.66. The summed E-state index contributed by atoms with van der Waals surface area (Å²) in [5.74, 6) is -0.619. The van der Waals surface area contributed by atoms with Gasteiger partial charge in [-0.1, -0.05) is 40.9 Å². The molecular weight excluding hydrogens is 467 g/mol. The van der Waals surface area contributed by atoms with Crippen LogP contribution in [0, 0.1) is 0 Å². The molecule has 0 bridgehead atoms. The third-order valence-electron chi connectivity index (χ3n) is 4.82. The molecule has 164 valence electrons. The summed E-state index contributed by atoms with van der Waals surface area (Å²) < 4.78 is 18.7. The molecule has 4 rings (SSSR count). The molecule has 3 aromatic rings. The van der Waals surface area contributed by atoms with E-state index in [1.807, 2.05) is 13.8 Å². The van der Waals surface area contributed by atoms with Crippen molar-refractivity contribution in [3.05, 3.63) is 61.4 Å². The zero-order chi connectivity index (χ0) is 22.3. The van der Waals surface area contributed by atoms with Crippen molar-refractivity contribution in [2.75, 3.05) is 13.2 Å². The van der Waals surface area contributed by atoms with Gasteiger partial charge >= 0.3 is 0 Å². The summed E-state index contributed by atoms with van der Waals surface area (Å²) >= 11 is 19.3. The Morgan fingerprint density at radius 3 is 2.58 bits per heavy atom. The minimum absolute atomic E-state index is 0.0825. The molecule has 0 amide bonds. The molecule has 1 aliphatic heterocycles. The predicted molar refractivity (Wildman–Crippen MR) is 119 cm³/mol. The Morgan fingerprint density at radius 2 is 1.97 bits per heavy atom. The Hall–Kier alpha value is -1.87. The van der Waals surface area contributed by atoms with Crippen LogP contribution in [-0.2, 0) is 16.1 Å². The molecule has 1 atom stereocenters. The van der Waals surface area contributed by atoms with E-state index in [4.69, 9.17) is 49.0 Å². The van der Waals surface area contributed by atoms with E-state index in [9.17, 15) is 9.90 Å². The van der Waals surface area contributed by atoms with Crippen molar-refractivity contribution in [2.24, 2.45) is 0 Å². The van der Waals surface area contributed by atoms with E-state index in [0.29, 0.717) is 22.3 Å². The molecule has 1 fully saturated rings. The number of aliphatic hydroxyl groups is 1. The van der Waals surface area contributed by atoms with Gasteiger partial charge in [0.2, 0.25) is 5.88 Å². The number of halogens is 3. The van der Waals surface area contributed by atoms with Gasteiger partial charge in [0, 0.05) is 6.07 Å². The van der Waals surface area contributed by atoms with Gasteiger partial charge < -0.3 is 23.9 Å². The maximum atomic E-state index is 13.0. The van der Waals surface area contributed by atoms with Crippen molar-refractivity contribution in [2.45, 2.75) is 32.3 Å². The molecule has 1 saturated heterocycles. The topological polar surface area (TPSA) is 82.8 Å². The van der Waals surface area contributed by atoms with Crippen molar-refractivity contribution in [1.29, 1.82) is 0 Å². The first-order valence-electron chi connectivity index (χ1n) is 9.45. The zero-order valence-electron chi connectivity index (χ0n) is 16.7. The summed E-state index contributed by atoms with van der Waals surface area (Å²) in [6.07, 6.45) is 1.05. The molecule has 10 heteroatoms. The fourth-order valence-corrected chi connectivity index (χ4v) is 4.33. The molecule has 0 spiro atoms. The van der Waals surface area contributed by atoms with Crippen LogP contribution in [0.2, 0.25) is 15.1 Å². The summed E-state index contributed by atoms with van der Waals surface area (Å²) in [5.41, 5.74) is 0.517. The molecule has 31 heavy (non-hydrogen) atoms. The van der Waals surface area contributed by atoms with Gasteiger partial charge in [0.05, 0.1) is 51.4 Å². The average Bonchev–Trinajstić information content (AvgIpc) is 3.07. The van der Waals surface area contributed by atoms with Gasteiger partial charge in [-0.15, -0.1) is 0 Å². The van der Waals surface area contributed by atoms with E-state index in [2.05, 4.69) is 4.98 Å². The van der Waals surface area contributed by atoms with Gasteiger partial charge in [-0.2, -0.15) is 0 Å². The van der Waals surface area contributed by atoms with Gasteiger partial charge in [0.15, 0.2) is 11.2 Å². The molecule has 1 aromatic carbocycles. The van der Waals surface area contributed by atoms with Gasteiger partial charge in [-0.05, 0) is 26.0 Å². The second kappa shape index (κ2) is 8.58. The first kappa shape index (κ1) is 22.3. The lowest BCUT2D eigenvalue weighted by Gasteiger charge is -2.20. The molecule has 1 N–H and O–H groups in total. The van der Waals surface area contributed by atoms with Crippen molar-refractivity contribution in [3.63, 3.8) is 0 Å². The van der Waals surface area contributed by atoms with E-state index in [1.165, 1.54) is 12.3 Å². The summed E-state index contributed by atoms with van der Waals surface area (Å²) in [5, 5.41) is 10.9. The molecule has 0 unspecified atom stereocenters. The minimum Gasteiger partial charge on any atom is -0.474 e. The molecule has 1 aliphatic rings. The van der Waals surface area contributed by atoms with E-state index in [1.54, 1.807) is 22.8 Å². The van der Waals surface area contributed by atoms with E-state index in [-0.39, 0.29) is 40.2 Å². The summed E-state index contributed by atoms with van der Waals surface area (Å²) in [7, 11) is 0. The number of ether oxygens (including phenoxy) is 3. The highest BCUT2D eigenvalue weighted by Crippen LogP contribution is 2.36. The number of aromatic nitrogens is 2. The third kappa shape index (κ3) is 4.26. The maximum absolute atomic E-state index is 13.0. The van der Waals surface area contributed by atoms with Crippen LogP contribution in [0.4, 0.5) is 0 Å². The predicted octanol–water partition coefficient (Wildman–Crippen LogP) is 4.37. The maximum Gasteiger partial charge on any atom is 0.227 e. The van der Waals surface area contributed by atoms with Crippen molar-refractivity contribution in [3.8, 4) is 11.6 Å². The molecule has 2 aromatic heterocycles. The Labute approximate surface area is 193 Å². The number of hydrogen-bond acceptors (Lipinski definition) is 6. The Morgan fingerprint density at radius 1 is 1.26 bits per heavy atom. The normalized spacial score (nSPS) is 17.9. The van der Waals surface area contributed by atoms with Crippen LogP contribution in [0.1, 0.15) is 19.5 Å². The first-order chi connectivity index (χ1) is 14.7. The van der Waals surface area contributed by atoms with Crippen LogP contribution in [0.3, 0.4) is 0 Å². The minimum atomic E-state index is -0.701. The number of aliphatic hydroxyl groups excluding tert-OH is 1. The lowest BCUT2D eigenvalue weighted by molar-refractivity contribution is -0.141. The quantitative estimate of drug-likeness (QED) is 0.578. The molecule has 0 saturated carbocycles. The largest absolute Gasteiger partial charge is 0.474 e. The zero-order valence-corrected chi connectivity index (χ0v) is 19.0. The Bertz CT molecular complexity index is 1190. The van der Waals surface area contributed by atoms with Crippen molar-refractivity contribution >= 4 is 45.7 Å². The smallest absolute Gasteiger partial charge is 0.227 e. The second-order valence-electron chi connectivity index (χ2n) is 7.46. The average molecular weight is 486 g/mol. The Kier molecular flexibility index (Phi) is 6.18. The van der Waals surface area contributed by atoms with Gasteiger partial charge in [-0.3, -0.25) is 4.79 Å². The van der Waals surface area contributed by atoms with Gasteiger partial charge in [0.1, 0.15) is 18.1 Å². The van der Waals surface area contributed by atoms with E-state index < -0.39 is 17.8 Å². The molecule has 3 heterocycles. The number of fused-ring (bicyclic) bond motifs is 1. The number of hydrogen-bond donors (Lipinski definition) is 1. The number of nitrogens with zero attached hydrogens (tertiary/aromatic N) is 2. The lowest BCUT2D eigenvalue weighted by atomic mass is 10.1. The first-order valence-corrected chi connectivity index (χ1v) is 10.6. The van der Waals surface area contributed by atoms with E-state index in [0.717, 1.165) is 0 Å². The molecule has 7 nitrogen and oxygen atoms in total. The lowest BCUT2D eigenvalue weighted by Crippen LogP contribution is -2.25. The monoisotopic (exact) mass is 484 g/mol. The number of pyridine rings is 2. The summed E-state index contributed by atoms with van der Waals surface area (Å²) in [6, 6.07) is 6.28. The van der Waals surface area contributed by atoms with Crippen LogP contribution in [0.25, 0.3) is 16.6 Å². The van der Waals surface area contributed by atoms with Crippen LogP contribution >= 0.6 is 34.8 Å². The fourth-order valence-electron chi connectivity index (χ4n) is 3.53. The highest BCUT2D eigenvalue weighted by Gasteiger charge is 2.33. The standard InChI is InChI=1S/C21H19Cl3N2O5/c1-21(2)30-10-12(31-21)9-29-20-17-16(28)6-11(8-27)26(19(17)15(24)7-25-20)18-13(22)4-3-5-14(18)23/h3-7,12,27H,8-10H2,1-2H3/t12-/m1/s1. The van der Waals surface area contributed by atoms with Crippen molar-refractivity contribution < 1.29 is 19.3 Å². The number of benzene rings is 1. The number of rotatable bonds is 5. The molecule has 0 radical (unpaired) electrons. The SMILES string of the molecule is CC1(C)OC[C@@H](COc2ncc(Cl)c3c2c(=O)cc(CO)n3-c2c(Cl)cccc2Cl)O1. The van der Waals surface area contributed by atoms with Gasteiger partial charge in [0.25, 0.3) is 0 Å². The highest BCUT2D eigenvalue weighted by atomic mass is 35.5. The fraction of sp³-hybridized carbons (Fsp3) is 0.333. The van der Waals surface area contributed by atoms with E-state index >= 15 is 0 Å².